The molecule has 114 valence electrons. The second kappa shape index (κ2) is 5.35. The summed E-state index contributed by atoms with van der Waals surface area (Å²) in [5, 5.41) is 3.85. The topological polar surface area (TPSA) is 21.6 Å². The lowest BCUT2D eigenvalue weighted by Crippen LogP contribution is -2.43. The van der Waals surface area contributed by atoms with Crippen molar-refractivity contribution in [3.63, 3.8) is 0 Å². The van der Waals surface area contributed by atoms with E-state index >= 15 is 0 Å². The highest BCUT2D eigenvalue weighted by molar-refractivity contribution is 5.88. The van der Waals surface area contributed by atoms with E-state index in [1.54, 1.807) is 18.2 Å². The van der Waals surface area contributed by atoms with Crippen molar-refractivity contribution >= 4 is 5.71 Å². The summed E-state index contributed by atoms with van der Waals surface area (Å²) in [6.45, 7) is 0. The van der Waals surface area contributed by atoms with E-state index in [0.29, 0.717) is 5.71 Å². The van der Waals surface area contributed by atoms with E-state index in [1.165, 1.54) is 12.1 Å². The first kappa shape index (κ1) is 14.4. The highest BCUT2D eigenvalue weighted by Crippen LogP contribution is 2.49. The predicted octanol–water partition coefficient (Wildman–Crippen LogP) is 4.80. The van der Waals surface area contributed by atoms with Crippen LogP contribution in [0.3, 0.4) is 0 Å². The first-order chi connectivity index (χ1) is 10.0. The Morgan fingerprint density at radius 2 is 1.71 bits per heavy atom. The Morgan fingerprint density at radius 1 is 1.05 bits per heavy atom. The Labute approximate surface area is 122 Å². The smallest absolute Gasteiger partial charge is 0.374 e. The zero-order valence-electron chi connectivity index (χ0n) is 11.7. The SMILES string of the molecule is FC(F)(F)[C@]1(c2ccccc2)CC(C2CCCCC2)=NO1. The van der Waals surface area contributed by atoms with Gasteiger partial charge in [0.15, 0.2) is 0 Å². The van der Waals surface area contributed by atoms with Gasteiger partial charge >= 0.3 is 6.18 Å². The Balaban J connectivity index is 1.88. The van der Waals surface area contributed by atoms with Crippen LogP contribution in [0.25, 0.3) is 0 Å². The van der Waals surface area contributed by atoms with Gasteiger partial charge in [-0.2, -0.15) is 13.2 Å². The van der Waals surface area contributed by atoms with E-state index in [0.717, 1.165) is 32.1 Å². The van der Waals surface area contributed by atoms with E-state index in [1.807, 2.05) is 0 Å². The van der Waals surface area contributed by atoms with Gasteiger partial charge in [0.05, 0.1) is 5.71 Å². The summed E-state index contributed by atoms with van der Waals surface area (Å²) in [5.74, 6) is 0.145. The minimum absolute atomic E-state index is 0.132. The van der Waals surface area contributed by atoms with Crippen LogP contribution < -0.4 is 0 Å². The highest BCUT2D eigenvalue weighted by Gasteiger charge is 2.62. The molecule has 0 N–H and O–H groups in total. The van der Waals surface area contributed by atoms with Crippen LogP contribution in [0, 0.1) is 5.92 Å². The molecule has 2 nitrogen and oxygen atoms in total. The lowest BCUT2D eigenvalue weighted by molar-refractivity contribution is -0.275. The van der Waals surface area contributed by atoms with Gasteiger partial charge in [-0.15, -0.1) is 0 Å². The molecular weight excluding hydrogens is 279 g/mol. The van der Waals surface area contributed by atoms with Crippen molar-refractivity contribution in [2.24, 2.45) is 11.1 Å². The molecule has 1 aliphatic carbocycles. The van der Waals surface area contributed by atoms with Gasteiger partial charge in [0.2, 0.25) is 0 Å². The molecule has 1 fully saturated rings. The minimum atomic E-state index is -4.48. The summed E-state index contributed by atoms with van der Waals surface area (Å²) in [6.07, 6.45) is 0.477. The number of rotatable bonds is 2. The van der Waals surface area contributed by atoms with Gasteiger partial charge in [-0.1, -0.05) is 54.8 Å². The van der Waals surface area contributed by atoms with Crippen LogP contribution in [0.4, 0.5) is 13.2 Å². The van der Waals surface area contributed by atoms with Crippen LogP contribution in [-0.4, -0.2) is 11.9 Å². The Kier molecular flexibility index (Phi) is 3.68. The Hall–Kier alpha value is -1.52. The summed E-state index contributed by atoms with van der Waals surface area (Å²) >= 11 is 0. The highest BCUT2D eigenvalue weighted by atomic mass is 19.4. The Bertz CT molecular complexity index is 520. The third kappa shape index (κ3) is 2.54. The molecule has 5 heteroatoms. The van der Waals surface area contributed by atoms with Gasteiger partial charge in [-0.25, -0.2) is 0 Å². The van der Waals surface area contributed by atoms with Crippen molar-refractivity contribution in [1.29, 1.82) is 0 Å². The molecule has 0 amide bonds. The number of nitrogens with zero attached hydrogens (tertiary/aromatic N) is 1. The molecule has 2 aliphatic rings. The molecule has 0 unspecified atom stereocenters. The van der Waals surface area contributed by atoms with E-state index in [2.05, 4.69) is 5.16 Å². The molecule has 0 spiro atoms. The van der Waals surface area contributed by atoms with E-state index in [4.69, 9.17) is 4.84 Å². The molecule has 21 heavy (non-hydrogen) atoms. The van der Waals surface area contributed by atoms with Crippen LogP contribution in [-0.2, 0) is 10.4 Å². The fraction of sp³-hybridized carbons (Fsp3) is 0.562. The molecule has 0 bridgehead atoms. The van der Waals surface area contributed by atoms with Crippen LogP contribution >= 0.6 is 0 Å². The standard InChI is InChI=1S/C16H18F3NO/c17-16(18,19)15(13-9-5-2-6-10-13)11-14(20-21-15)12-7-3-1-4-8-12/h2,5-6,9-10,12H,1,3-4,7-8,11H2/t15-/m1/s1. The van der Waals surface area contributed by atoms with Crippen LogP contribution in [0.1, 0.15) is 44.1 Å². The van der Waals surface area contributed by atoms with Crippen molar-refractivity contribution in [1.82, 2.24) is 0 Å². The first-order valence-electron chi connectivity index (χ1n) is 7.40. The molecule has 1 heterocycles. The number of hydrogen-bond acceptors (Lipinski definition) is 2. The van der Waals surface area contributed by atoms with Gasteiger partial charge in [0.25, 0.3) is 5.60 Å². The number of alkyl halides is 3. The zero-order valence-corrected chi connectivity index (χ0v) is 11.7. The fourth-order valence-corrected chi connectivity index (χ4v) is 3.29. The number of hydrogen-bond donors (Lipinski definition) is 0. The number of halogens is 3. The van der Waals surface area contributed by atoms with Crippen molar-refractivity contribution in [3.05, 3.63) is 35.9 Å². The molecule has 1 aliphatic heterocycles. The first-order valence-corrected chi connectivity index (χ1v) is 7.40. The largest absolute Gasteiger partial charge is 0.435 e. The lowest BCUT2D eigenvalue weighted by Gasteiger charge is -2.30. The summed E-state index contributed by atoms with van der Waals surface area (Å²) < 4.78 is 40.9. The molecule has 1 aromatic carbocycles. The zero-order chi connectivity index (χ0) is 14.9. The summed E-state index contributed by atoms with van der Waals surface area (Å²) in [6, 6.07) is 7.83. The lowest BCUT2D eigenvalue weighted by atomic mass is 9.80. The normalized spacial score (nSPS) is 27.3. The van der Waals surface area contributed by atoms with E-state index < -0.39 is 11.8 Å². The Morgan fingerprint density at radius 3 is 2.33 bits per heavy atom. The summed E-state index contributed by atoms with van der Waals surface area (Å²) in [5.41, 5.74) is -1.59. The van der Waals surface area contributed by atoms with Gasteiger partial charge in [0.1, 0.15) is 0 Å². The van der Waals surface area contributed by atoms with Crippen molar-refractivity contribution in [3.8, 4) is 0 Å². The fourth-order valence-electron chi connectivity index (χ4n) is 3.29. The maximum atomic E-state index is 13.6. The maximum absolute atomic E-state index is 13.6. The van der Waals surface area contributed by atoms with E-state index in [9.17, 15) is 13.2 Å². The molecule has 1 aromatic rings. The van der Waals surface area contributed by atoms with Crippen molar-refractivity contribution < 1.29 is 18.0 Å². The number of oxime groups is 1. The van der Waals surface area contributed by atoms with Gasteiger partial charge in [-0.3, -0.25) is 0 Å². The van der Waals surface area contributed by atoms with Crippen molar-refractivity contribution in [2.45, 2.75) is 50.3 Å². The molecule has 0 saturated heterocycles. The molecule has 1 saturated carbocycles. The van der Waals surface area contributed by atoms with Gasteiger partial charge in [-0.05, 0) is 12.8 Å². The molecule has 1 atom stereocenters. The predicted molar refractivity (Wildman–Crippen MR) is 73.9 cm³/mol. The molecule has 3 rings (SSSR count). The molecule has 0 aromatic heterocycles. The third-order valence-electron chi connectivity index (χ3n) is 4.52. The molecule has 0 radical (unpaired) electrons. The summed E-state index contributed by atoms with van der Waals surface area (Å²) in [4.78, 5) is 5.02. The minimum Gasteiger partial charge on any atom is -0.374 e. The third-order valence-corrected chi connectivity index (χ3v) is 4.52. The molecular formula is C16H18F3NO. The average Bonchev–Trinajstić information content (AvgIpc) is 2.95. The van der Waals surface area contributed by atoms with Crippen LogP contribution in [0.2, 0.25) is 0 Å². The van der Waals surface area contributed by atoms with Crippen molar-refractivity contribution in [2.75, 3.05) is 0 Å². The average molecular weight is 297 g/mol. The summed E-state index contributed by atoms with van der Waals surface area (Å²) in [7, 11) is 0. The van der Waals surface area contributed by atoms with Crippen LogP contribution in [0.15, 0.2) is 35.5 Å². The second-order valence-electron chi connectivity index (χ2n) is 5.88. The van der Waals surface area contributed by atoms with Gasteiger partial charge < -0.3 is 4.84 Å². The maximum Gasteiger partial charge on any atom is 0.435 e. The van der Waals surface area contributed by atoms with E-state index in [-0.39, 0.29) is 17.9 Å². The quantitative estimate of drug-likeness (QED) is 0.768. The van der Waals surface area contributed by atoms with Crippen LogP contribution in [0.5, 0.6) is 0 Å². The number of benzene rings is 1. The second-order valence-corrected chi connectivity index (χ2v) is 5.88. The monoisotopic (exact) mass is 297 g/mol. The van der Waals surface area contributed by atoms with Gasteiger partial charge in [0, 0.05) is 17.9 Å².